The van der Waals surface area contributed by atoms with Gasteiger partial charge < -0.3 is 4.90 Å². The first-order chi connectivity index (χ1) is 7.83. The highest BCUT2D eigenvalue weighted by Gasteiger charge is 2.19. The highest BCUT2D eigenvalue weighted by atomic mass is 32.1. The van der Waals surface area contributed by atoms with Crippen LogP contribution in [0.4, 0.5) is 5.00 Å². The molecule has 2 rings (SSSR count). The van der Waals surface area contributed by atoms with E-state index in [2.05, 4.69) is 17.9 Å². The molecule has 0 bridgehead atoms. The summed E-state index contributed by atoms with van der Waals surface area (Å²) in [6.45, 7) is 4.58. The molecule has 0 unspecified atom stereocenters. The Hall–Kier alpha value is -0.830. The van der Waals surface area contributed by atoms with Gasteiger partial charge in [-0.05, 0) is 30.9 Å². The summed E-state index contributed by atoms with van der Waals surface area (Å²) in [6, 6.07) is 4.00. The molecule has 2 nitrogen and oxygen atoms in total. The summed E-state index contributed by atoms with van der Waals surface area (Å²) in [6.07, 6.45) is 6.24. The second kappa shape index (κ2) is 5.48. The second-order valence-electron chi connectivity index (χ2n) is 4.51. The standard InChI is InChI=1S/C13H19NOS/c1-2-3-11-6-8-14(9-7-11)13-5-4-12(10-15)16-13/h4-5,10-11H,2-3,6-9H2,1H3. The summed E-state index contributed by atoms with van der Waals surface area (Å²) in [5.74, 6) is 0.923. The fourth-order valence-corrected chi connectivity index (χ4v) is 3.30. The predicted octanol–water partition coefficient (Wildman–Crippen LogP) is 3.58. The van der Waals surface area contributed by atoms with Crippen molar-refractivity contribution < 1.29 is 4.79 Å². The van der Waals surface area contributed by atoms with E-state index in [1.165, 1.54) is 30.7 Å². The Morgan fingerprint density at radius 1 is 1.44 bits per heavy atom. The van der Waals surface area contributed by atoms with Crippen LogP contribution in [0.3, 0.4) is 0 Å². The van der Waals surface area contributed by atoms with Crippen LogP contribution in [0.1, 0.15) is 42.3 Å². The SMILES string of the molecule is CCCC1CCN(c2ccc(C=O)s2)CC1. The molecule has 0 atom stereocenters. The first kappa shape index (κ1) is 11.6. The van der Waals surface area contributed by atoms with E-state index in [0.29, 0.717) is 0 Å². The van der Waals surface area contributed by atoms with Crippen LogP contribution in [0.25, 0.3) is 0 Å². The van der Waals surface area contributed by atoms with Crippen molar-refractivity contribution in [2.45, 2.75) is 32.6 Å². The lowest BCUT2D eigenvalue weighted by atomic mass is 9.93. The summed E-state index contributed by atoms with van der Waals surface area (Å²) in [7, 11) is 0. The van der Waals surface area contributed by atoms with E-state index in [1.807, 2.05) is 6.07 Å². The third-order valence-electron chi connectivity index (χ3n) is 3.35. The molecule has 88 valence electrons. The van der Waals surface area contributed by atoms with E-state index in [9.17, 15) is 4.79 Å². The van der Waals surface area contributed by atoms with Gasteiger partial charge in [0.25, 0.3) is 0 Å². The van der Waals surface area contributed by atoms with E-state index in [-0.39, 0.29) is 0 Å². The molecule has 2 heterocycles. The van der Waals surface area contributed by atoms with Gasteiger partial charge in [0.1, 0.15) is 0 Å². The van der Waals surface area contributed by atoms with Crippen molar-refractivity contribution in [3.05, 3.63) is 17.0 Å². The molecule has 0 amide bonds. The molecule has 1 aliphatic heterocycles. The maximum absolute atomic E-state index is 10.6. The lowest BCUT2D eigenvalue weighted by molar-refractivity contribution is 0.112. The van der Waals surface area contributed by atoms with Crippen molar-refractivity contribution in [2.24, 2.45) is 5.92 Å². The van der Waals surface area contributed by atoms with E-state index in [1.54, 1.807) is 11.3 Å². The molecule has 3 heteroatoms. The average molecular weight is 237 g/mol. The third kappa shape index (κ3) is 2.64. The highest BCUT2D eigenvalue weighted by Crippen LogP contribution is 2.30. The molecule has 0 spiro atoms. The molecule has 1 aliphatic rings. The highest BCUT2D eigenvalue weighted by molar-refractivity contribution is 7.17. The van der Waals surface area contributed by atoms with Gasteiger partial charge in [0.05, 0.1) is 9.88 Å². The number of hydrogen-bond acceptors (Lipinski definition) is 3. The van der Waals surface area contributed by atoms with Gasteiger partial charge >= 0.3 is 0 Å². The van der Waals surface area contributed by atoms with Gasteiger partial charge in [0.15, 0.2) is 6.29 Å². The largest absolute Gasteiger partial charge is 0.363 e. The number of piperidine rings is 1. The molecule has 0 aromatic carbocycles. The zero-order valence-electron chi connectivity index (χ0n) is 9.82. The number of aldehydes is 1. The van der Waals surface area contributed by atoms with E-state index >= 15 is 0 Å². The fourth-order valence-electron chi connectivity index (χ4n) is 2.43. The average Bonchev–Trinajstić information content (AvgIpc) is 2.79. The summed E-state index contributed by atoms with van der Waals surface area (Å²) >= 11 is 1.61. The Balaban J connectivity index is 1.91. The van der Waals surface area contributed by atoms with Gasteiger partial charge in [-0.15, -0.1) is 11.3 Å². The molecule has 1 aromatic rings. The van der Waals surface area contributed by atoms with Crippen molar-refractivity contribution in [3.63, 3.8) is 0 Å². The minimum Gasteiger partial charge on any atom is -0.363 e. The Bertz CT molecular complexity index is 339. The van der Waals surface area contributed by atoms with Crippen molar-refractivity contribution in [3.8, 4) is 0 Å². The second-order valence-corrected chi connectivity index (χ2v) is 5.61. The van der Waals surface area contributed by atoms with Gasteiger partial charge in [-0.25, -0.2) is 0 Å². The summed E-state index contributed by atoms with van der Waals surface area (Å²) in [5, 5.41) is 1.26. The van der Waals surface area contributed by atoms with Crippen molar-refractivity contribution in [1.29, 1.82) is 0 Å². The third-order valence-corrected chi connectivity index (χ3v) is 4.42. The maximum Gasteiger partial charge on any atom is 0.160 e. The molecule has 1 saturated heterocycles. The van der Waals surface area contributed by atoms with Gasteiger partial charge in [-0.2, -0.15) is 0 Å². The molecule has 1 fully saturated rings. The minimum atomic E-state index is 0.839. The van der Waals surface area contributed by atoms with Gasteiger partial charge in [-0.1, -0.05) is 19.8 Å². The number of thiophene rings is 1. The summed E-state index contributed by atoms with van der Waals surface area (Å²) < 4.78 is 0. The van der Waals surface area contributed by atoms with Crippen LogP contribution >= 0.6 is 11.3 Å². The normalized spacial score (nSPS) is 17.7. The first-order valence-electron chi connectivity index (χ1n) is 6.13. The lowest BCUT2D eigenvalue weighted by Gasteiger charge is -2.32. The molecule has 0 radical (unpaired) electrons. The Morgan fingerprint density at radius 2 is 2.19 bits per heavy atom. The molecule has 0 aliphatic carbocycles. The van der Waals surface area contributed by atoms with Gasteiger partial charge in [-0.3, -0.25) is 4.79 Å². The smallest absolute Gasteiger partial charge is 0.160 e. The minimum absolute atomic E-state index is 0.839. The first-order valence-corrected chi connectivity index (χ1v) is 6.95. The summed E-state index contributed by atoms with van der Waals surface area (Å²) in [5.41, 5.74) is 0. The van der Waals surface area contributed by atoms with Crippen LogP contribution in [0.5, 0.6) is 0 Å². The Labute approximate surface area is 101 Å². The lowest BCUT2D eigenvalue weighted by Crippen LogP contribution is -2.32. The number of nitrogens with zero attached hydrogens (tertiary/aromatic N) is 1. The predicted molar refractivity (Wildman–Crippen MR) is 69.6 cm³/mol. The van der Waals surface area contributed by atoms with Crippen LogP contribution in [0, 0.1) is 5.92 Å². The van der Waals surface area contributed by atoms with Crippen molar-refractivity contribution in [1.82, 2.24) is 0 Å². The number of anilines is 1. The molecule has 1 aromatic heterocycles. The van der Waals surface area contributed by atoms with Crippen LogP contribution in [-0.2, 0) is 0 Å². The van der Waals surface area contributed by atoms with Crippen LogP contribution in [-0.4, -0.2) is 19.4 Å². The monoisotopic (exact) mass is 237 g/mol. The fraction of sp³-hybridized carbons (Fsp3) is 0.615. The maximum atomic E-state index is 10.6. The topological polar surface area (TPSA) is 20.3 Å². The van der Waals surface area contributed by atoms with Crippen LogP contribution in [0.15, 0.2) is 12.1 Å². The zero-order chi connectivity index (χ0) is 11.4. The zero-order valence-corrected chi connectivity index (χ0v) is 10.6. The van der Waals surface area contributed by atoms with Crippen molar-refractivity contribution in [2.75, 3.05) is 18.0 Å². The van der Waals surface area contributed by atoms with Crippen LogP contribution < -0.4 is 4.90 Å². The molecular weight excluding hydrogens is 218 g/mol. The molecular formula is C13H19NOS. The molecule has 16 heavy (non-hydrogen) atoms. The Morgan fingerprint density at radius 3 is 2.75 bits per heavy atom. The molecule has 0 N–H and O–H groups in total. The number of rotatable bonds is 4. The Kier molecular flexibility index (Phi) is 3.99. The number of carbonyl (C=O) groups is 1. The van der Waals surface area contributed by atoms with Gasteiger partial charge in [0.2, 0.25) is 0 Å². The quantitative estimate of drug-likeness (QED) is 0.746. The molecule has 0 saturated carbocycles. The van der Waals surface area contributed by atoms with E-state index in [4.69, 9.17) is 0 Å². The number of carbonyl (C=O) groups excluding carboxylic acids is 1. The summed E-state index contributed by atoms with van der Waals surface area (Å²) in [4.78, 5) is 13.9. The van der Waals surface area contributed by atoms with Crippen LogP contribution in [0.2, 0.25) is 0 Å². The number of hydrogen-bond donors (Lipinski definition) is 0. The van der Waals surface area contributed by atoms with E-state index in [0.717, 1.165) is 30.2 Å². The van der Waals surface area contributed by atoms with Crippen molar-refractivity contribution >= 4 is 22.6 Å². The van der Waals surface area contributed by atoms with Gasteiger partial charge in [0, 0.05) is 13.1 Å². The van der Waals surface area contributed by atoms with E-state index < -0.39 is 0 Å².